The van der Waals surface area contributed by atoms with Crippen LogP contribution in [-0.4, -0.2) is 6.21 Å². The molecule has 0 aliphatic heterocycles. The van der Waals surface area contributed by atoms with Gasteiger partial charge in [-0.2, -0.15) is 0 Å². The van der Waals surface area contributed by atoms with Crippen molar-refractivity contribution in [1.29, 1.82) is 0 Å². The minimum absolute atomic E-state index is 0.271. The van der Waals surface area contributed by atoms with Gasteiger partial charge in [-0.3, -0.25) is 0 Å². The molecule has 0 heterocycles. The van der Waals surface area contributed by atoms with Crippen molar-refractivity contribution >= 4 is 41.0 Å². The number of hydrogen-bond donors (Lipinski definition) is 0. The SMILES string of the molecule is Clc1cccc(COc2ccc(C=NOCc3ccc(Cl)cc3Cl)cc2)c1. The maximum absolute atomic E-state index is 6.09. The molecule has 0 aliphatic rings. The number of ether oxygens (including phenoxy) is 1. The summed E-state index contributed by atoms with van der Waals surface area (Å²) in [5, 5.41) is 5.80. The zero-order valence-corrected chi connectivity index (χ0v) is 16.5. The van der Waals surface area contributed by atoms with E-state index in [-0.39, 0.29) is 6.61 Å². The third-order valence-electron chi connectivity index (χ3n) is 3.69. The second kappa shape index (κ2) is 9.65. The number of benzene rings is 3. The summed E-state index contributed by atoms with van der Waals surface area (Å²) in [6.45, 7) is 0.728. The molecular formula is C21H16Cl3NO2. The van der Waals surface area contributed by atoms with Crippen LogP contribution < -0.4 is 4.74 Å². The molecule has 0 bridgehead atoms. The fourth-order valence-corrected chi connectivity index (χ4v) is 2.96. The Morgan fingerprint density at radius 3 is 2.33 bits per heavy atom. The summed E-state index contributed by atoms with van der Waals surface area (Å²) in [6, 6.07) is 20.4. The van der Waals surface area contributed by atoms with E-state index >= 15 is 0 Å². The van der Waals surface area contributed by atoms with Gasteiger partial charge in [0.25, 0.3) is 0 Å². The van der Waals surface area contributed by atoms with Crippen LogP contribution in [-0.2, 0) is 18.1 Å². The molecule has 0 atom stereocenters. The second-order valence-corrected chi connectivity index (χ2v) is 7.01. The maximum atomic E-state index is 6.09. The van der Waals surface area contributed by atoms with Crippen molar-refractivity contribution in [2.24, 2.45) is 5.16 Å². The maximum Gasteiger partial charge on any atom is 0.143 e. The van der Waals surface area contributed by atoms with Crippen molar-refractivity contribution in [3.05, 3.63) is 98.5 Å². The Labute approximate surface area is 173 Å². The molecule has 3 rings (SSSR count). The Kier molecular flexibility index (Phi) is 6.99. The average Bonchev–Trinajstić information content (AvgIpc) is 2.66. The van der Waals surface area contributed by atoms with Gasteiger partial charge in [0.05, 0.1) is 6.21 Å². The van der Waals surface area contributed by atoms with Gasteiger partial charge in [0.1, 0.15) is 19.0 Å². The van der Waals surface area contributed by atoms with Crippen LogP contribution in [0.2, 0.25) is 15.1 Å². The summed E-state index contributed by atoms with van der Waals surface area (Å²) in [4.78, 5) is 5.29. The molecule has 0 unspecified atom stereocenters. The van der Waals surface area contributed by atoms with E-state index in [9.17, 15) is 0 Å². The van der Waals surface area contributed by atoms with Gasteiger partial charge in [0.15, 0.2) is 0 Å². The first-order valence-electron chi connectivity index (χ1n) is 8.17. The second-order valence-electron chi connectivity index (χ2n) is 5.73. The quantitative estimate of drug-likeness (QED) is 0.312. The van der Waals surface area contributed by atoms with E-state index in [0.717, 1.165) is 22.4 Å². The summed E-state index contributed by atoms with van der Waals surface area (Å²) >= 11 is 17.9. The molecule has 0 saturated carbocycles. The van der Waals surface area contributed by atoms with E-state index in [4.69, 9.17) is 44.4 Å². The summed E-state index contributed by atoms with van der Waals surface area (Å²) in [5.41, 5.74) is 2.73. The first kappa shape index (κ1) is 19.6. The molecule has 6 heteroatoms. The van der Waals surface area contributed by atoms with Crippen LogP contribution >= 0.6 is 34.8 Å². The average molecular weight is 421 g/mol. The first-order valence-corrected chi connectivity index (χ1v) is 9.30. The van der Waals surface area contributed by atoms with E-state index in [1.807, 2.05) is 54.6 Å². The topological polar surface area (TPSA) is 30.8 Å². The molecule has 0 aromatic heterocycles. The highest BCUT2D eigenvalue weighted by Gasteiger charge is 2.01. The molecule has 3 aromatic rings. The molecule has 0 fully saturated rings. The molecule has 0 N–H and O–H groups in total. The summed E-state index contributed by atoms with van der Waals surface area (Å²) in [7, 11) is 0. The Balaban J connectivity index is 1.49. The van der Waals surface area contributed by atoms with E-state index in [0.29, 0.717) is 21.7 Å². The van der Waals surface area contributed by atoms with Crippen molar-refractivity contribution in [2.45, 2.75) is 13.2 Å². The summed E-state index contributed by atoms with van der Waals surface area (Å²) in [5.74, 6) is 0.765. The first-order chi connectivity index (χ1) is 13.1. The third-order valence-corrected chi connectivity index (χ3v) is 4.51. The monoisotopic (exact) mass is 419 g/mol. The van der Waals surface area contributed by atoms with Crippen LogP contribution in [0.25, 0.3) is 0 Å². The molecule has 138 valence electrons. The predicted molar refractivity (Wildman–Crippen MR) is 111 cm³/mol. The highest BCUT2D eigenvalue weighted by Crippen LogP contribution is 2.21. The minimum Gasteiger partial charge on any atom is -0.489 e. The Morgan fingerprint density at radius 1 is 0.815 bits per heavy atom. The number of halogens is 3. The number of oxime groups is 1. The molecule has 0 saturated heterocycles. The number of rotatable bonds is 7. The highest BCUT2D eigenvalue weighted by molar-refractivity contribution is 6.35. The van der Waals surface area contributed by atoms with Crippen molar-refractivity contribution in [1.82, 2.24) is 0 Å². The van der Waals surface area contributed by atoms with Crippen molar-refractivity contribution in [3.63, 3.8) is 0 Å². The molecule has 0 spiro atoms. The summed E-state index contributed by atoms with van der Waals surface area (Å²) < 4.78 is 5.75. The van der Waals surface area contributed by atoms with Crippen molar-refractivity contribution in [2.75, 3.05) is 0 Å². The van der Waals surface area contributed by atoms with Crippen LogP contribution in [0.3, 0.4) is 0 Å². The van der Waals surface area contributed by atoms with Crippen LogP contribution in [0.15, 0.2) is 71.9 Å². The largest absolute Gasteiger partial charge is 0.489 e. The van der Waals surface area contributed by atoms with Crippen LogP contribution in [0, 0.1) is 0 Å². The van der Waals surface area contributed by atoms with Gasteiger partial charge in [-0.05, 0) is 59.7 Å². The minimum atomic E-state index is 0.271. The van der Waals surface area contributed by atoms with E-state index in [2.05, 4.69) is 5.16 Å². The Bertz CT molecular complexity index is 927. The molecular weight excluding hydrogens is 405 g/mol. The molecule has 0 radical (unpaired) electrons. The zero-order chi connectivity index (χ0) is 19.1. The molecule has 3 nitrogen and oxygen atoms in total. The summed E-state index contributed by atoms with van der Waals surface area (Å²) in [6.07, 6.45) is 1.63. The van der Waals surface area contributed by atoms with Crippen LogP contribution in [0.5, 0.6) is 5.75 Å². The molecule has 27 heavy (non-hydrogen) atoms. The molecule has 0 amide bonds. The van der Waals surface area contributed by atoms with Gasteiger partial charge in [0, 0.05) is 20.6 Å². The predicted octanol–water partition coefficient (Wildman–Crippen LogP) is 6.78. The number of nitrogens with zero attached hydrogens (tertiary/aromatic N) is 1. The fourth-order valence-electron chi connectivity index (χ4n) is 2.29. The lowest BCUT2D eigenvalue weighted by atomic mass is 10.2. The molecule has 3 aromatic carbocycles. The Hall–Kier alpha value is -2.20. The Morgan fingerprint density at radius 2 is 1.59 bits per heavy atom. The van der Waals surface area contributed by atoms with Gasteiger partial charge in [-0.15, -0.1) is 0 Å². The van der Waals surface area contributed by atoms with Crippen LogP contribution in [0.1, 0.15) is 16.7 Å². The van der Waals surface area contributed by atoms with E-state index in [1.165, 1.54) is 0 Å². The van der Waals surface area contributed by atoms with Crippen LogP contribution in [0.4, 0.5) is 0 Å². The normalized spacial score (nSPS) is 10.9. The standard InChI is InChI=1S/C21H16Cl3NO2/c22-18-3-1-2-16(10-18)13-26-20-8-4-15(5-9-20)12-25-27-14-17-6-7-19(23)11-21(17)24/h1-12H,13-14H2. The van der Waals surface area contributed by atoms with E-state index in [1.54, 1.807) is 18.3 Å². The lowest BCUT2D eigenvalue weighted by molar-refractivity contribution is 0.132. The van der Waals surface area contributed by atoms with Gasteiger partial charge in [-0.25, -0.2) is 0 Å². The van der Waals surface area contributed by atoms with Gasteiger partial charge in [0.2, 0.25) is 0 Å². The van der Waals surface area contributed by atoms with Gasteiger partial charge < -0.3 is 9.57 Å². The van der Waals surface area contributed by atoms with E-state index < -0.39 is 0 Å². The van der Waals surface area contributed by atoms with Gasteiger partial charge in [-0.1, -0.05) is 58.2 Å². The fraction of sp³-hybridized carbons (Fsp3) is 0.0952. The highest BCUT2D eigenvalue weighted by atomic mass is 35.5. The van der Waals surface area contributed by atoms with Crippen molar-refractivity contribution < 1.29 is 9.57 Å². The lowest BCUT2D eigenvalue weighted by Gasteiger charge is -2.07. The smallest absolute Gasteiger partial charge is 0.143 e. The third kappa shape index (κ3) is 6.17. The zero-order valence-electron chi connectivity index (χ0n) is 14.2. The van der Waals surface area contributed by atoms with Crippen molar-refractivity contribution in [3.8, 4) is 5.75 Å². The van der Waals surface area contributed by atoms with Gasteiger partial charge >= 0.3 is 0 Å². The number of hydrogen-bond acceptors (Lipinski definition) is 3. The molecule has 0 aliphatic carbocycles. The lowest BCUT2D eigenvalue weighted by Crippen LogP contribution is -1.95.